The molecule has 2 atom stereocenters. The molecule has 30 heavy (non-hydrogen) atoms. The van der Waals surface area contributed by atoms with Crippen LogP contribution in [0.4, 0.5) is 0 Å². The third-order valence-corrected chi connectivity index (χ3v) is 7.12. The van der Waals surface area contributed by atoms with Crippen LogP contribution in [0.25, 0.3) is 0 Å². The number of carboxylic acids is 1. The van der Waals surface area contributed by atoms with Gasteiger partial charge >= 0.3 is 5.97 Å². The molecule has 0 aromatic carbocycles. The monoisotopic (exact) mass is 466 g/mol. The smallest absolute Gasteiger partial charge is 0.325 e. The fourth-order valence-corrected chi connectivity index (χ4v) is 5.13. The van der Waals surface area contributed by atoms with Crippen molar-refractivity contribution in [2.45, 2.75) is 121 Å². The molecule has 0 aromatic rings. The number of hydrogen-bond donors (Lipinski definition) is 3. The van der Waals surface area contributed by atoms with Gasteiger partial charge in [-0.2, -0.15) is 8.42 Å². The van der Waals surface area contributed by atoms with E-state index in [2.05, 4.69) is 19.6 Å². The minimum Gasteiger partial charge on any atom is -0.480 e. The predicted octanol–water partition coefficient (Wildman–Crippen LogP) is 6.05. The van der Waals surface area contributed by atoms with Crippen molar-refractivity contribution in [1.29, 1.82) is 0 Å². The number of aliphatic carboxylic acids is 1. The molecule has 2 unspecified atom stereocenters. The van der Waals surface area contributed by atoms with E-state index in [4.69, 9.17) is 9.66 Å². The topological polar surface area (TPSA) is 109 Å². The van der Waals surface area contributed by atoms with E-state index in [0.717, 1.165) is 25.7 Å². The molecule has 0 aliphatic heterocycles. The first-order valence-electron chi connectivity index (χ1n) is 11.6. The van der Waals surface area contributed by atoms with Crippen LogP contribution in [0.5, 0.6) is 0 Å². The highest BCUT2D eigenvalue weighted by Gasteiger charge is 2.41. The van der Waals surface area contributed by atoms with E-state index in [9.17, 15) is 18.0 Å². The number of carboxylic acid groups (broad SMARTS) is 1. The van der Waals surface area contributed by atoms with Gasteiger partial charge in [0.05, 0.1) is 5.92 Å². The van der Waals surface area contributed by atoms with E-state index in [-0.39, 0.29) is 6.42 Å². The SMILES string of the molecule is CCCCCCCCCCCCCCCCCCC(C(=O)S)C(C(=O)O)S(=O)(=O)O. The minimum atomic E-state index is -4.85. The molecule has 0 aromatic heterocycles. The normalized spacial score (nSPS) is 13.8. The Hall–Kier alpha value is -0.600. The summed E-state index contributed by atoms with van der Waals surface area (Å²) in [5.74, 6) is -3.05. The molecule has 8 heteroatoms. The largest absolute Gasteiger partial charge is 0.480 e. The molecule has 178 valence electrons. The lowest BCUT2D eigenvalue weighted by Crippen LogP contribution is -2.39. The molecule has 0 fully saturated rings. The summed E-state index contributed by atoms with van der Waals surface area (Å²) >= 11 is 3.61. The van der Waals surface area contributed by atoms with E-state index in [0.29, 0.717) is 6.42 Å². The zero-order chi connectivity index (χ0) is 22.8. The van der Waals surface area contributed by atoms with Crippen molar-refractivity contribution in [3.8, 4) is 0 Å². The number of unbranched alkanes of at least 4 members (excludes halogenated alkanes) is 15. The Bertz CT molecular complexity index is 562. The molecule has 0 aliphatic rings. The summed E-state index contributed by atoms with van der Waals surface area (Å²) in [5.41, 5.74) is 0. The molecular weight excluding hydrogens is 424 g/mol. The molecule has 0 aliphatic carbocycles. The second-order valence-corrected chi connectivity index (χ2v) is 10.3. The van der Waals surface area contributed by atoms with Crippen LogP contribution >= 0.6 is 12.6 Å². The molecule has 0 bridgehead atoms. The zero-order valence-electron chi connectivity index (χ0n) is 18.6. The van der Waals surface area contributed by atoms with Gasteiger partial charge in [-0.3, -0.25) is 14.1 Å². The van der Waals surface area contributed by atoms with Gasteiger partial charge in [-0.15, -0.1) is 12.6 Å². The van der Waals surface area contributed by atoms with Crippen molar-refractivity contribution in [2.24, 2.45) is 5.92 Å². The summed E-state index contributed by atoms with van der Waals surface area (Å²) in [7, 11) is -4.85. The molecule has 0 heterocycles. The average Bonchev–Trinajstić information content (AvgIpc) is 2.65. The number of thiol groups is 1. The first kappa shape index (κ1) is 29.4. The van der Waals surface area contributed by atoms with Crippen LogP contribution in [-0.4, -0.2) is 34.4 Å². The van der Waals surface area contributed by atoms with Crippen molar-refractivity contribution in [2.75, 3.05) is 0 Å². The van der Waals surface area contributed by atoms with Crippen LogP contribution in [0, 0.1) is 5.92 Å². The van der Waals surface area contributed by atoms with E-state index >= 15 is 0 Å². The Morgan fingerprint density at radius 2 is 1.07 bits per heavy atom. The van der Waals surface area contributed by atoms with Crippen LogP contribution in [0.3, 0.4) is 0 Å². The summed E-state index contributed by atoms with van der Waals surface area (Å²) < 4.78 is 31.7. The van der Waals surface area contributed by atoms with Gasteiger partial charge in [0.1, 0.15) is 0 Å². The van der Waals surface area contributed by atoms with E-state index in [1.54, 1.807) is 0 Å². The molecule has 2 N–H and O–H groups in total. The van der Waals surface area contributed by atoms with Crippen molar-refractivity contribution in [3.05, 3.63) is 0 Å². The Balaban J connectivity index is 3.72. The molecule has 0 amide bonds. The Morgan fingerprint density at radius 1 is 0.733 bits per heavy atom. The summed E-state index contributed by atoms with van der Waals surface area (Å²) in [5, 5.41) is 6.08. The van der Waals surface area contributed by atoms with E-state index in [1.807, 2.05) is 0 Å². The summed E-state index contributed by atoms with van der Waals surface area (Å²) in [6.45, 7) is 2.24. The van der Waals surface area contributed by atoms with Crippen LogP contribution < -0.4 is 0 Å². The van der Waals surface area contributed by atoms with Crippen molar-refractivity contribution >= 4 is 33.8 Å². The minimum absolute atomic E-state index is 0.0948. The van der Waals surface area contributed by atoms with Gasteiger partial charge in [0.15, 0.2) is 10.4 Å². The summed E-state index contributed by atoms with van der Waals surface area (Å²) in [6, 6.07) is 0. The third-order valence-electron chi connectivity index (χ3n) is 5.62. The molecular formula is C22H42O6S2. The van der Waals surface area contributed by atoms with Gasteiger partial charge in [-0.25, -0.2) is 0 Å². The fraction of sp³-hybridized carbons (Fsp3) is 0.909. The predicted molar refractivity (Wildman–Crippen MR) is 125 cm³/mol. The Kier molecular flexibility index (Phi) is 17.7. The Morgan fingerprint density at radius 3 is 1.33 bits per heavy atom. The summed E-state index contributed by atoms with van der Waals surface area (Å²) in [4.78, 5) is 22.7. The molecule has 0 saturated carbocycles. The van der Waals surface area contributed by atoms with Gasteiger partial charge in [0.2, 0.25) is 0 Å². The van der Waals surface area contributed by atoms with Crippen LogP contribution in [0.15, 0.2) is 0 Å². The average molecular weight is 467 g/mol. The van der Waals surface area contributed by atoms with Crippen molar-refractivity contribution in [3.63, 3.8) is 0 Å². The number of carbonyl (C=O) groups is 2. The highest BCUT2D eigenvalue weighted by atomic mass is 32.2. The molecule has 6 nitrogen and oxygen atoms in total. The van der Waals surface area contributed by atoms with Crippen LogP contribution in [0.1, 0.15) is 116 Å². The van der Waals surface area contributed by atoms with Gasteiger partial charge in [0, 0.05) is 0 Å². The maximum absolute atomic E-state index is 11.6. The maximum atomic E-state index is 11.6. The molecule has 0 saturated heterocycles. The van der Waals surface area contributed by atoms with Gasteiger partial charge in [0.25, 0.3) is 10.1 Å². The standard InChI is InChI=1S/C22H42O6S2/c1-2-3-4-5-6-7-8-9-10-11-12-13-14-15-16-17-18-19(22(25)29)20(21(23)24)30(26,27)28/h19-20H,2-18H2,1H3,(H,23,24)(H,25,29)(H,26,27,28). The zero-order valence-corrected chi connectivity index (χ0v) is 20.3. The van der Waals surface area contributed by atoms with Gasteiger partial charge in [-0.05, 0) is 6.42 Å². The van der Waals surface area contributed by atoms with Crippen LogP contribution in [-0.2, 0) is 19.7 Å². The lowest BCUT2D eigenvalue weighted by Gasteiger charge is -2.18. The molecule has 0 spiro atoms. The molecule has 0 radical (unpaired) electrons. The lowest BCUT2D eigenvalue weighted by molar-refractivity contribution is -0.139. The first-order valence-corrected chi connectivity index (χ1v) is 13.6. The lowest BCUT2D eigenvalue weighted by atomic mass is 9.97. The van der Waals surface area contributed by atoms with Crippen molar-refractivity contribution in [1.82, 2.24) is 0 Å². The summed E-state index contributed by atoms with van der Waals surface area (Å²) in [6.07, 6.45) is 19.2. The highest BCUT2D eigenvalue weighted by molar-refractivity contribution is 7.96. The Labute approximate surface area is 188 Å². The van der Waals surface area contributed by atoms with Gasteiger partial charge < -0.3 is 5.11 Å². The molecule has 0 rings (SSSR count). The quantitative estimate of drug-likeness (QED) is 0.108. The van der Waals surface area contributed by atoms with E-state index < -0.39 is 32.4 Å². The number of rotatable bonds is 21. The van der Waals surface area contributed by atoms with Crippen molar-refractivity contribution < 1.29 is 27.7 Å². The fourth-order valence-electron chi connectivity index (χ4n) is 3.82. The highest BCUT2D eigenvalue weighted by Crippen LogP contribution is 2.23. The second-order valence-electron chi connectivity index (χ2n) is 8.31. The number of hydrogen-bond acceptors (Lipinski definition) is 4. The van der Waals surface area contributed by atoms with Gasteiger partial charge in [-0.1, -0.05) is 110 Å². The van der Waals surface area contributed by atoms with E-state index in [1.165, 1.54) is 70.6 Å². The first-order chi connectivity index (χ1) is 14.2. The van der Waals surface area contributed by atoms with Crippen LogP contribution in [0.2, 0.25) is 0 Å². The second kappa shape index (κ2) is 18.0. The number of carbonyl (C=O) groups excluding carboxylic acids is 1. The maximum Gasteiger partial charge on any atom is 0.325 e. The third kappa shape index (κ3) is 15.2.